The van der Waals surface area contributed by atoms with Crippen LogP contribution in [-0.4, -0.2) is 17.9 Å². The minimum atomic E-state index is -1.17. The van der Waals surface area contributed by atoms with Crippen LogP contribution in [-0.2, 0) is 4.74 Å². The molecule has 0 radical (unpaired) electrons. The van der Waals surface area contributed by atoms with Crippen molar-refractivity contribution in [3.8, 4) is 0 Å². The van der Waals surface area contributed by atoms with Crippen molar-refractivity contribution in [2.24, 2.45) is 5.92 Å². The number of hydrogen-bond donors (Lipinski definition) is 1. The fraction of sp³-hybridized carbons (Fsp3) is 0.667. The highest BCUT2D eigenvalue weighted by atomic mass is 16.7. The number of rotatable bonds is 2. The Morgan fingerprint density at radius 3 is 3.08 bits per heavy atom. The monoisotopic (exact) mass is 170 g/mol. The molecule has 0 aliphatic heterocycles. The summed E-state index contributed by atoms with van der Waals surface area (Å²) < 4.78 is 4.50. The van der Waals surface area contributed by atoms with E-state index in [-0.39, 0.29) is 0 Å². The first kappa shape index (κ1) is 9.10. The molecule has 1 N–H and O–H groups in total. The van der Waals surface area contributed by atoms with Gasteiger partial charge in [0, 0.05) is 0 Å². The van der Waals surface area contributed by atoms with Gasteiger partial charge in [0.05, 0.1) is 6.61 Å². The zero-order chi connectivity index (χ0) is 8.97. The van der Waals surface area contributed by atoms with Gasteiger partial charge >= 0.3 is 6.16 Å². The van der Waals surface area contributed by atoms with Crippen LogP contribution in [0.3, 0.4) is 0 Å². The lowest BCUT2D eigenvalue weighted by Crippen LogP contribution is -2.14. The summed E-state index contributed by atoms with van der Waals surface area (Å²) in [6.45, 7) is 2.45. The number of carbonyl (C=O) groups is 1. The molecule has 0 saturated heterocycles. The molecule has 1 aliphatic carbocycles. The molecule has 1 aliphatic rings. The van der Waals surface area contributed by atoms with Gasteiger partial charge in [0.15, 0.2) is 0 Å². The molecule has 1 atom stereocenters. The highest BCUT2D eigenvalue weighted by molar-refractivity contribution is 5.56. The molecule has 12 heavy (non-hydrogen) atoms. The molecule has 3 heteroatoms. The lowest BCUT2D eigenvalue weighted by molar-refractivity contribution is 0.0751. The first-order valence-electron chi connectivity index (χ1n) is 4.20. The summed E-state index contributed by atoms with van der Waals surface area (Å²) in [7, 11) is 0. The molecule has 0 fully saturated rings. The van der Waals surface area contributed by atoms with E-state index in [1.165, 1.54) is 5.57 Å². The van der Waals surface area contributed by atoms with E-state index in [0.717, 1.165) is 19.3 Å². The van der Waals surface area contributed by atoms with Gasteiger partial charge in [-0.05, 0) is 32.1 Å². The van der Waals surface area contributed by atoms with Crippen LogP contribution in [0.2, 0.25) is 0 Å². The van der Waals surface area contributed by atoms with Gasteiger partial charge in [-0.3, -0.25) is 0 Å². The maximum Gasteiger partial charge on any atom is 0.505 e. The minimum Gasteiger partial charge on any atom is -0.450 e. The molecular formula is C9H14O3. The maximum atomic E-state index is 10.1. The smallest absolute Gasteiger partial charge is 0.450 e. The molecule has 0 aromatic heterocycles. The SMILES string of the molecule is CC1=CCC(COC(=O)O)CC1. The molecular weight excluding hydrogens is 156 g/mol. The fourth-order valence-electron chi connectivity index (χ4n) is 1.36. The van der Waals surface area contributed by atoms with E-state index in [9.17, 15) is 4.79 Å². The number of hydrogen-bond acceptors (Lipinski definition) is 2. The van der Waals surface area contributed by atoms with Crippen LogP contribution >= 0.6 is 0 Å². The summed E-state index contributed by atoms with van der Waals surface area (Å²) >= 11 is 0. The summed E-state index contributed by atoms with van der Waals surface area (Å²) in [5.74, 6) is 0.393. The predicted octanol–water partition coefficient (Wildman–Crippen LogP) is 2.43. The number of allylic oxidation sites excluding steroid dienone is 2. The average molecular weight is 170 g/mol. The van der Waals surface area contributed by atoms with Gasteiger partial charge in [-0.25, -0.2) is 4.79 Å². The first-order chi connectivity index (χ1) is 5.68. The van der Waals surface area contributed by atoms with Gasteiger partial charge in [0.2, 0.25) is 0 Å². The Kier molecular flexibility index (Phi) is 3.14. The third-order valence-corrected chi connectivity index (χ3v) is 2.19. The molecule has 0 aromatic rings. The molecule has 1 unspecified atom stereocenters. The average Bonchev–Trinajstić information content (AvgIpc) is 2.03. The lowest BCUT2D eigenvalue weighted by atomic mass is 9.91. The summed E-state index contributed by atoms with van der Waals surface area (Å²) in [6.07, 6.45) is 4.09. The number of ether oxygens (including phenoxy) is 1. The van der Waals surface area contributed by atoms with Gasteiger partial charge < -0.3 is 9.84 Å². The highest BCUT2D eigenvalue weighted by Gasteiger charge is 2.13. The largest absolute Gasteiger partial charge is 0.505 e. The summed E-state index contributed by atoms with van der Waals surface area (Å²) in [5, 5.41) is 8.26. The van der Waals surface area contributed by atoms with Gasteiger partial charge in [-0.15, -0.1) is 0 Å². The molecule has 3 nitrogen and oxygen atoms in total. The van der Waals surface area contributed by atoms with E-state index in [1.807, 2.05) is 0 Å². The van der Waals surface area contributed by atoms with Crippen molar-refractivity contribution in [3.05, 3.63) is 11.6 Å². The minimum absolute atomic E-state index is 0.346. The lowest BCUT2D eigenvalue weighted by Gasteiger charge is -2.18. The van der Waals surface area contributed by atoms with E-state index >= 15 is 0 Å². The van der Waals surface area contributed by atoms with E-state index < -0.39 is 6.16 Å². The van der Waals surface area contributed by atoms with E-state index in [4.69, 9.17) is 5.11 Å². The van der Waals surface area contributed by atoms with E-state index in [0.29, 0.717) is 12.5 Å². The Morgan fingerprint density at radius 2 is 2.58 bits per heavy atom. The zero-order valence-corrected chi connectivity index (χ0v) is 7.25. The van der Waals surface area contributed by atoms with Crippen molar-refractivity contribution in [1.82, 2.24) is 0 Å². The standard InChI is InChI=1S/C9H14O3/c1-7-2-4-8(5-3-7)6-12-9(10)11/h2,8H,3-6H2,1H3,(H,10,11). The van der Waals surface area contributed by atoms with Gasteiger partial charge in [0.1, 0.15) is 0 Å². The van der Waals surface area contributed by atoms with Crippen molar-refractivity contribution in [2.75, 3.05) is 6.61 Å². The van der Waals surface area contributed by atoms with Crippen molar-refractivity contribution in [2.45, 2.75) is 26.2 Å². The second-order valence-electron chi connectivity index (χ2n) is 3.27. The van der Waals surface area contributed by atoms with Crippen molar-refractivity contribution in [3.63, 3.8) is 0 Å². The van der Waals surface area contributed by atoms with Gasteiger partial charge in [0.25, 0.3) is 0 Å². The van der Waals surface area contributed by atoms with E-state index in [1.54, 1.807) is 0 Å². The van der Waals surface area contributed by atoms with Crippen LogP contribution in [0.25, 0.3) is 0 Å². The molecule has 0 bridgehead atoms. The molecule has 0 amide bonds. The van der Waals surface area contributed by atoms with Crippen molar-refractivity contribution in [1.29, 1.82) is 0 Å². The first-order valence-corrected chi connectivity index (χ1v) is 4.20. The van der Waals surface area contributed by atoms with Crippen LogP contribution in [0.5, 0.6) is 0 Å². The van der Waals surface area contributed by atoms with Crippen LogP contribution in [0.15, 0.2) is 11.6 Å². The Morgan fingerprint density at radius 1 is 1.83 bits per heavy atom. The van der Waals surface area contributed by atoms with Crippen LogP contribution < -0.4 is 0 Å². The quantitative estimate of drug-likeness (QED) is 0.511. The Labute approximate surface area is 72.0 Å². The fourth-order valence-corrected chi connectivity index (χ4v) is 1.36. The molecule has 68 valence electrons. The zero-order valence-electron chi connectivity index (χ0n) is 7.25. The maximum absolute atomic E-state index is 10.1. The third-order valence-electron chi connectivity index (χ3n) is 2.19. The molecule has 0 heterocycles. The molecule has 0 aromatic carbocycles. The predicted molar refractivity (Wildman–Crippen MR) is 45.1 cm³/mol. The second-order valence-corrected chi connectivity index (χ2v) is 3.27. The second kappa shape index (κ2) is 4.14. The van der Waals surface area contributed by atoms with E-state index in [2.05, 4.69) is 17.7 Å². The van der Waals surface area contributed by atoms with Gasteiger partial charge in [-0.2, -0.15) is 0 Å². The van der Waals surface area contributed by atoms with Gasteiger partial charge in [-0.1, -0.05) is 11.6 Å². The molecule has 0 spiro atoms. The number of carboxylic acid groups (broad SMARTS) is 1. The Hall–Kier alpha value is -0.990. The van der Waals surface area contributed by atoms with Crippen molar-refractivity contribution < 1.29 is 14.6 Å². The molecule has 1 rings (SSSR count). The van der Waals surface area contributed by atoms with Crippen LogP contribution in [0.1, 0.15) is 26.2 Å². The van der Waals surface area contributed by atoms with Crippen molar-refractivity contribution >= 4 is 6.16 Å². The highest BCUT2D eigenvalue weighted by Crippen LogP contribution is 2.22. The summed E-state index contributed by atoms with van der Waals surface area (Å²) in [6, 6.07) is 0. The topological polar surface area (TPSA) is 46.5 Å². The Bertz CT molecular complexity index is 196. The Balaban J connectivity index is 2.23. The normalized spacial score (nSPS) is 23.1. The molecule has 0 saturated carbocycles. The third kappa shape index (κ3) is 2.95. The van der Waals surface area contributed by atoms with Crippen LogP contribution in [0, 0.1) is 5.92 Å². The van der Waals surface area contributed by atoms with Crippen LogP contribution in [0.4, 0.5) is 4.79 Å². The summed E-state index contributed by atoms with van der Waals surface area (Å²) in [4.78, 5) is 10.1. The summed E-state index contributed by atoms with van der Waals surface area (Å²) in [5.41, 5.74) is 1.40.